The summed E-state index contributed by atoms with van der Waals surface area (Å²) in [5, 5.41) is 2.05. The summed E-state index contributed by atoms with van der Waals surface area (Å²) in [4.78, 5) is 17.3. The molecule has 2 saturated heterocycles. The van der Waals surface area contributed by atoms with Gasteiger partial charge >= 0.3 is 123 Å². The fourth-order valence-electron chi connectivity index (χ4n) is 4.59. The van der Waals surface area contributed by atoms with E-state index < -0.39 is 33.8 Å². The van der Waals surface area contributed by atoms with Crippen LogP contribution in [-0.4, -0.2) is 66.8 Å². The first-order chi connectivity index (χ1) is 18.5. The van der Waals surface area contributed by atoms with Crippen LogP contribution in [0.5, 0.6) is 0 Å². The van der Waals surface area contributed by atoms with E-state index in [-0.39, 0.29) is 65.0 Å². The summed E-state index contributed by atoms with van der Waals surface area (Å²) in [6, 6.07) is 7.46. The minimum atomic E-state index is -4.62. The van der Waals surface area contributed by atoms with E-state index >= 15 is 0 Å². The van der Waals surface area contributed by atoms with Crippen LogP contribution >= 0.6 is 11.6 Å². The van der Waals surface area contributed by atoms with Gasteiger partial charge in [-0.25, -0.2) is 5.06 Å². The van der Waals surface area contributed by atoms with E-state index in [1.807, 2.05) is 38.1 Å². The van der Waals surface area contributed by atoms with E-state index in [1.165, 1.54) is 69.3 Å². The average molecular weight is 760 g/mol. The van der Waals surface area contributed by atoms with Crippen molar-refractivity contribution in [2.24, 2.45) is 11.3 Å². The third-order valence-electron chi connectivity index (χ3n) is 6.55. The molecule has 2 N–H and O–H groups in total. The summed E-state index contributed by atoms with van der Waals surface area (Å²) < 4.78 is 58.3. The number of hydrogen-bond acceptors (Lipinski definition) is 7. The summed E-state index contributed by atoms with van der Waals surface area (Å²) >= 11 is -2.72. The number of benzene rings is 1. The Balaban J connectivity index is 0. The number of nitrogens with zero attached hydrogens (tertiary/aromatic N) is 1. The van der Waals surface area contributed by atoms with Crippen molar-refractivity contribution in [1.29, 1.82) is 0 Å². The van der Waals surface area contributed by atoms with Crippen LogP contribution in [-0.2, 0) is 28.4 Å². The van der Waals surface area contributed by atoms with Gasteiger partial charge in [0.1, 0.15) is 0 Å². The second-order valence-corrected chi connectivity index (χ2v) is 18.4. The van der Waals surface area contributed by atoms with Crippen LogP contribution < -0.4 is 67.3 Å². The molecule has 0 aromatic heterocycles. The molecule has 4 rings (SSSR count). The van der Waals surface area contributed by atoms with Crippen molar-refractivity contribution in [1.82, 2.24) is 5.06 Å². The molecule has 2 heterocycles. The molecule has 10 nitrogen and oxygen atoms in total. The number of amides is 1. The summed E-state index contributed by atoms with van der Waals surface area (Å²) in [6.45, 7) is 5.61. The minimum absolute atomic E-state index is 0. The van der Waals surface area contributed by atoms with Crippen molar-refractivity contribution in [2.45, 2.75) is 102 Å². The molecule has 15 heteroatoms. The second-order valence-electron chi connectivity index (χ2n) is 11.2. The molecule has 0 radical (unpaired) electrons. The smallest absolute Gasteiger partial charge is 1.00 e. The summed E-state index contributed by atoms with van der Waals surface area (Å²) in [5.74, 6) is 0.906. The van der Waals surface area contributed by atoms with Crippen molar-refractivity contribution in [3.05, 3.63) is 34.9 Å². The van der Waals surface area contributed by atoms with Crippen molar-refractivity contribution in [3.63, 3.8) is 0 Å². The van der Waals surface area contributed by atoms with Crippen LogP contribution in [0.2, 0.25) is 16.4 Å². The van der Waals surface area contributed by atoms with E-state index in [0.717, 1.165) is 23.8 Å². The number of carbonyl (C=O) groups is 1. The Morgan fingerprint density at radius 1 is 0.952 bits per heavy atom. The maximum Gasteiger partial charge on any atom is 1.00 e. The van der Waals surface area contributed by atoms with Crippen molar-refractivity contribution >= 4 is 45.9 Å². The molecule has 2 aliphatic heterocycles. The number of hydroxylamine groups is 2. The number of halogens is 1. The first kappa shape index (κ1) is 45.6. The molecule has 42 heavy (non-hydrogen) atoms. The van der Waals surface area contributed by atoms with Crippen LogP contribution in [0.3, 0.4) is 0 Å². The van der Waals surface area contributed by atoms with Gasteiger partial charge in [-0.05, 0) is 57.1 Å². The van der Waals surface area contributed by atoms with Crippen LogP contribution in [0, 0.1) is 11.3 Å². The van der Waals surface area contributed by atoms with Crippen LogP contribution in [0.15, 0.2) is 24.3 Å². The SMILES string of the molecule is C1CCCC(C2CCCCCO2)CC1.CC1(C)CON(Cc2ccccc2Cl)C1=O.C[As](=O)(O)O.C[As](=O)([O-])[O-].[Na+].[Na+]. The Kier molecular flexibility index (Phi) is 24.8. The van der Waals surface area contributed by atoms with Gasteiger partial charge in [-0.1, -0.05) is 68.3 Å². The zero-order chi connectivity index (χ0) is 30.4. The molecule has 1 atom stereocenters. The fourth-order valence-corrected chi connectivity index (χ4v) is 4.79. The van der Waals surface area contributed by atoms with Gasteiger partial charge in [0.2, 0.25) is 0 Å². The summed E-state index contributed by atoms with van der Waals surface area (Å²) in [5.41, 5.74) is 2.08. The Hall–Kier alpha value is 1.46. The molecule has 0 spiro atoms. The monoisotopic (exact) mass is 759 g/mol. The van der Waals surface area contributed by atoms with Gasteiger partial charge in [-0.2, -0.15) is 0 Å². The number of carbonyl (C=O) groups excluding carboxylic acids is 1. The fraction of sp³-hybridized carbons (Fsp3) is 0.741. The maximum absolute atomic E-state index is 11.9. The van der Waals surface area contributed by atoms with Crippen molar-refractivity contribution in [3.8, 4) is 0 Å². The number of rotatable bonds is 3. The predicted molar refractivity (Wildman–Crippen MR) is 150 cm³/mol. The molecule has 232 valence electrons. The van der Waals surface area contributed by atoms with Gasteiger partial charge in [0.05, 0.1) is 24.7 Å². The van der Waals surface area contributed by atoms with Gasteiger partial charge in [0, 0.05) is 11.6 Å². The van der Waals surface area contributed by atoms with E-state index in [4.69, 9.17) is 41.3 Å². The number of hydrogen-bond donors (Lipinski definition) is 2. The molecule has 1 aromatic carbocycles. The van der Waals surface area contributed by atoms with E-state index in [1.54, 1.807) is 0 Å². The average Bonchev–Trinajstić information content (AvgIpc) is 3.13. The van der Waals surface area contributed by atoms with Gasteiger partial charge < -0.3 is 4.74 Å². The van der Waals surface area contributed by atoms with Gasteiger partial charge in [0.15, 0.2) is 0 Å². The minimum Gasteiger partial charge on any atom is 1.00 e. The topological polar surface area (TPSA) is 159 Å². The molecular formula is C27H46As2ClNNa2O9. The quantitative estimate of drug-likeness (QED) is 0.246. The van der Waals surface area contributed by atoms with Gasteiger partial charge in [0.25, 0.3) is 5.91 Å². The zero-order valence-corrected chi connectivity index (χ0v) is 34.6. The van der Waals surface area contributed by atoms with Crippen molar-refractivity contribution < 1.29 is 97.3 Å². The predicted octanol–water partition coefficient (Wildman–Crippen LogP) is -2.76. The number of ether oxygens (including phenoxy) is 1. The van der Waals surface area contributed by atoms with Crippen LogP contribution in [0.4, 0.5) is 0 Å². The first-order valence-corrected chi connectivity index (χ1v) is 22.7. The molecule has 1 amide bonds. The second kappa shape index (κ2) is 22.9. The third-order valence-corrected chi connectivity index (χ3v) is 6.92. The van der Waals surface area contributed by atoms with Crippen LogP contribution in [0.1, 0.15) is 83.6 Å². The summed E-state index contributed by atoms with van der Waals surface area (Å²) in [6.07, 6.45) is 14.7. The Morgan fingerprint density at radius 3 is 1.90 bits per heavy atom. The third kappa shape index (κ3) is 22.9. The zero-order valence-electron chi connectivity index (χ0n) is 26.1. The Morgan fingerprint density at radius 2 is 1.43 bits per heavy atom. The van der Waals surface area contributed by atoms with E-state index in [2.05, 4.69) is 0 Å². The molecule has 3 aliphatic rings. The van der Waals surface area contributed by atoms with Crippen molar-refractivity contribution in [2.75, 3.05) is 13.2 Å². The van der Waals surface area contributed by atoms with E-state index in [9.17, 15) is 8.53 Å². The molecule has 1 aliphatic carbocycles. The Labute approximate surface area is 306 Å². The Bertz CT molecular complexity index is 924. The molecule has 0 bridgehead atoms. The molecular weight excluding hydrogens is 714 g/mol. The standard InChI is InChI=1S/C13H24O.C12H14ClNO2.2CH5AsO3.2Na/c1-2-5-9-12(8-4-1)13-10-6-3-7-11-14-13;1-12(2)8-16-14(11(12)15)7-9-5-3-4-6-10(9)13;2*1-2(3,4)5;;/h12-13H,1-11H2;3-6H,7-8H2,1-2H3;2*1H3,(H2,3,4,5);;/q;;;;2*+1/p-2. The largest absolute Gasteiger partial charge is 1.00 e. The van der Waals surface area contributed by atoms with E-state index in [0.29, 0.717) is 30.0 Å². The maximum atomic E-state index is 11.9. The summed E-state index contributed by atoms with van der Waals surface area (Å²) in [7, 11) is 0. The van der Waals surface area contributed by atoms with Gasteiger partial charge in [-0.15, -0.1) is 0 Å². The van der Waals surface area contributed by atoms with Gasteiger partial charge in [-0.3, -0.25) is 9.63 Å². The molecule has 3 fully saturated rings. The first-order valence-electron chi connectivity index (χ1n) is 13.8. The van der Waals surface area contributed by atoms with Crippen LogP contribution in [0.25, 0.3) is 0 Å². The molecule has 1 unspecified atom stereocenters. The normalized spacial score (nSPS) is 20.8. The molecule has 1 aromatic rings. The molecule has 1 saturated carbocycles.